The fourth-order valence-electron chi connectivity index (χ4n) is 4.69. The van der Waals surface area contributed by atoms with E-state index in [1.165, 1.54) is 0 Å². The number of anilines is 2. The number of benzene rings is 1. The summed E-state index contributed by atoms with van der Waals surface area (Å²) in [6.07, 6.45) is 3.77. The van der Waals surface area contributed by atoms with Crippen molar-refractivity contribution in [3.8, 4) is 28.6 Å². The van der Waals surface area contributed by atoms with Crippen molar-refractivity contribution >= 4 is 39.8 Å². The molecule has 1 aromatic carbocycles. The summed E-state index contributed by atoms with van der Waals surface area (Å²) < 4.78 is 17.1. The van der Waals surface area contributed by atoms with Gasteiger partial charge in [0, 0.05) is 36.5 Å². The monoisotopic (exact) mass is 535 g/mol. The van der Waals surface area contributed by atoms with Crippen LogP contribution in [0.25, 0.3) is 22.3 Å². The number of carbonyl (C=O) groups is 1. The van der Waals surface area contributed by atoms with E-state index in [4.69, 9.17) is 30.8 Å². The Morgan fingerprint density at radius 3 is 2.76 bits per heavy atom. The number of aromatic nitrogens is 3. The normalized spacial score (nSPS) is 13.1. The van der Waals surface area contributed by atoms with Crippen LogP contribution >= 0.6 is 11.6 Å². The first kappa shape index (κ1) is 25.8. The highest BCUT2D eigenvalue weighted by Crippen LogP contribution is 2.43. The third kappa shape index (κ3) is 4.87. The van der Waals surface area contributed by atoms with Gasteiger partial charge in [-0.15, -0.1) is 0 Å². The Balaban J connectivity index is 1.68. The van der Waals surface area contributed by atoms with Crippen molar-refractivity contribution in [2.75, 3.05) is 46.8 Å². The van der Waals surface area contributed by atoms with Crippen molar-refractivity contribution in [2.45, 2.75) is 19.3 Å². The average Bonchev–Trinajstić information content (AvgIpc) is 3.27. The number of carbonyl (C=O) groups excluding carboxylic acids is 1. The maximum atomic E-state index is 13.2. The zero-order valence-corrected chi connectivity index (χ0v) is 22.6. The SMILES string of the molecule is COc1cc2nccc(-c3[nH]c4c(c3Nc3cccc(Cl)c3OC)C(=O)CCC4)c2nc1OCCN(C)C. The maximum Gasteiger partial charge on any atom is 0.257 e. The second-order valence-corrected chi connectivity index (χ2v) is 9.73. The van der Waals surface area contributed by atoms with Crippen molar-refractivity contribution < 1.29 is 19.0 Å². The van der Waals surface area contributed by atoms with Crippen LogP contribution in [-0.2, 0) is 6.42 Å². The van der Waals surface area contributed by atoms with Crippen LogP contribution in [0.1, 0.15) is 28.9 Å². The van der Waals surface area contributed by atoms with Gasteiger partial charge in [0.15, 0.2) is 17.3 Å². The number of hydrogen-bond acceptors (Lipinski definition) is 8. The van der Waals surface area contributed by atoms with Gasteiger partial charge in [0.05, 0.1) is 47.4 Å². The van der Waals surface area contributed by atoms with Crippen LogP contribution in [0.4, 0.5) is 11.4 Å². The van der Waals surface area contributed by atoms with Crippen LogP contribution in [0, 0.1) is 0 Å². The lowest BCUT2D eigenvalue weighted by atomic mass is 9.94. The van der Waals surface area contributed by atoms with E-state index in [1.807, 2.05) is 43.3 Å². The van der Waals surface area contributed by atoms with Crippen LogP contribution in [0.2, 0.25) is 5.02 Å². The van der Waals surface area contributed by atoms with Crippen LogP contribution in [0.5, 0.6) is 17.4 Å². The number of nitrogens with one attached hydrogen (secondary N) is 2. The fourth-order valence-corrected chi connectivity index (χ4v) is 4.94. The number of halogens is 1. The Hall–Kier alpha value is -3.82. The van der Waals surface area contributed by atoms with Gasteiger partial charge in [-0.2, -0.15) is 0 Å². The van der Waals surface area contributed by atoms with E-state index in [2.05, 4.69) is 15.3 Å². The second-order valence-electron chi connectivity index (χ2n) is 9.32. The standard InChI is InChI=1S/C28H30ClN5O4/c1-34(2)13-14-38-28-22(36-3)15-20-24(33-28)16(11-12-30-20)25-26(23-18(31-25)8-6-10-21(23)35)32-19-9-5-7-17(29)27(19)37-4/h5,7,9,11-12,15,31-32H,6,8,10,13-14H2,1-4H3. The fraction of sp³-hybridized carbons (Fsp3) is 0.321. The molecule has 38 heavy (non-hydrogen) atoms. The molecule has 2 N–H and O–H groups in total. The molecule has 0 amide bonds. The molecule has 0 fully saturated rings. The third-order valence-electron chi connectivity index (χ3n) is 6.53. The van der Waals surface area contributed by atoms with Crippen LogP contribution in [0.15, 0.2) is 36.5 Å². The highest BCUT2D eigenvalue weighted by molar-refractivity contribution is 6.32. The Labute approximate surface area is 226 Å². The van der Waals surface area contributed by atoms with E-state index in [0.717, 1.165) is 36.3 Å². The van der Waals surface area contributed by atoms with E-state index in [-0.39, 0.29) is 5.78 Å². The van der Waals surface area contributed by atoms with Crippen LogP contribution < -0.4 is 19.5 Å². The topological polar surface area (TPSA) is 102 Å². The molecule has 10 heteroatoms. The number of Topliss-reactive ketones (excluding diaryl/α,β-unsaturated/α-hetero) is 1. The number of ketones is 1. The number of aryl methyl sites for hydroxylation is 1. The molecule has 0 spiro atoms. The molecule has 1 aliphatic carbocycles. The molecule has 5 rings (SSSR count). The average molecular weight is 536 g/mol. The van der Waals surface area contributed by atoms with Gasteiger partial charge in [-0.1, -0.05) is 17.7 Å². The minimum Gasteiger partial charge on any atom is -0.493 e. The molecule has 9 nitrogen and oxygen atoms in total. The smallest absolute Gasteiger partial charge is 0.257 e. The Morgan fingerprint density at radius 1 is 1.16 bits per heavy atom. The number of methoxy groups -OCH3 is 2. The molecule has 0 aliphatic heterocycles. The summed E-state index contributed by atoms with van der Waals surface area (Å²) in [5, 5.41) is 3.92. The lowest BCUT2D eigenvalue weighted by Crippen LogP contribution is -2.19. The molecule has 3 heterocycles. The second kappa shape index (κ2) is 10.9. The van der Waals surface area contributed by atoms with Crippen molar-refractivity contribution in [3.63, 3.8) is 0 Å². The minimum atomic E-state index is 0.0814. The lowest BCUT2D eigenvalue weighted by molar-refractivity contribution is 0.0973. The van der Waals surface area contributed by atoms with E-state index in [1.54, 1.807) is 26.5 Å². The molecule has 0 atom stereocenters. The van der Waals surface area contributed by atoms with Gasteiger partial charge >= 0.3 is 0 Å². The summed E-state index contributed by atoms with van der Waals surface area (Å²) in [5.74, 6) is 1.47. The minimum absolute atomic E-state index is 0.0814. The number of fused-ring (bicyclic) bond motifs is 2. The first-order valence-corrected chi connectivity index (χ1v) is 12.8. The molecular weight excluding hydrogens is 506 g/mol. The quantitative estimate of drug-likeness (QED) is 0.290. The Bertz CT molecular complexity index is 1500. The summed E-state index contributed by atoms with van der Waals surface area (Å²) in [4.78, 5) is 28.1. The zero-order chi connectivity index (χ0) is 26.8. The van der Waals surface area contributed by atoms with Crippen molar-refractivity contribution in [1.82, 2.24) is 19.9 Å². The molecule has 3 aromatic heterocycles. The van der Waals surface area contributed by atoms with Crippen LogP contribution in [0.3, 0.4) is 0 Å². The van der Waals surface area contributed by atoms with Gasteiger partial charge in [-0.3, -0.25) is 9.78 Å². The van der Waals surface area contributed by atoms with Gasteiger partial charge in [-0.05, 0) is 45.1 Å². The van der Waals surface area contributed by atoms with E-state index >= 15 is 0 Å². The van der Waals surface area contributed by atoms with Crippen LogP contribution in [-0.4, -0.2) is 67.1 Å². The zero-order valence-electron chi connectivity index (χ0n) is 21.9. The van der Waals surface area contributed by atoms with E-state index in [9.17, 15) is 4.79 Å². The number of nitrogens with zero attached hydrogens (tertiary/aromatic N) is 3. The van der Waals surface area contributed by atoms with Gasteiger partial charge in [0.1, 0.15) is 12.1 Å². The Morgan fingerprint density at radius 2 is 2.00 bits per heavy atom. The van der Waals surface area contributed by atoms with Gasteiger partial charge in [-0.25, -0.2) is 4.98 Å². The van der Waals surface area contributed by atoms with Gasteiger partial charge in [0.25, 0.3) is 5.88 Å². The van der Waals surface area contributed by atoms with E-state index in [0.29, 0.717) is 63.4 Å². The molecule has 4 aromatic rings. The summed E-state index contributed by atoms with van der Waals surface area (Å²) in [6.45, 7) is 1.17. The number of aromatic amines is 1. The summed E-state index contributed by atoms with van der Waals surface area (Å²) in [5.41, 5.74) is 5.63. The Kier molecular flexibility index (Phi) is 7.40. The lowest BCUT2D eigenvalue weighted by Gasteiger charge is -2.17. The summed E-state index contributed by atoms with van der Waals surface area (Å²) >= 11 is 6.40. The molecular formula is C28H30ClN5O4. The first-order valence-electron chi connectivity index (χ1n) is 12.4. The number of H-pyrrole nitrogens is 1. The number of pyridine rings is 2. The van der Waals surface area contributed by atoms with E-state index < -0.39 is 0 Å². The van der Waals surface area contributed by atoms with Crippen molar-refractivity contribution in [3.05, 3.63) is 52.8 Å². The molecule has 1 aliphatic rings. The number of likely N-dealkylation sites (N-methyl/N-ethyl adjacent to an activating group) is 1. The van der Waals surface area contributed by atoms with Crippen molar-refractivity contribution in [1.29, 1.82) is 0 Å². The largest absolute Gasteiger partial charge is 0.493 e. The molecule has 0 unspecified atom stereocenters. The molecule has 0 radical (unpaired) electrons. The van der Waals surface area contributed by atoms with Gasteiger partial charge < -0.3 is 29.4 Å². The maximum absolute atomic E-state index is 13.2. The third-order valence-corrected chi connectivity index (χ3v) is 6.83. The molecule has 0 saturated carbocycles. The molecule has 0 saturated heterocycles. The van der Waals surface area contributed by atoms with Crippen molar-refractivity contribution in [2.24, 2.45) is 0 Å². The predicted octanol–water partition coefficient (Wildman–Crippen LogP) is 5.50. The van der Waals surface area contributed by atoms with Gasteiger partial charge in [0.2, 0.25) is 0 Å². The highest BCUT2D eigenvalue weighted by Gasteiger charge is 2.29. The number of ether oxygens (including phenoxy) is 3. The summed E-state index contributed by atoms with van der Waals surface area (Å²) in [7, 11) is 7.11. The number of rotatable bonds is 9. The number of para-hydroxylation sites is 1. The molecule has 0 bridgehead atoms. The number of hydrogen-bond donors (Lipinski definition) is 2. The predicted molar refractivity (Wildman–Crippen MR) is 148 cm³/mol. The molecule has 198 valence electrons. The first-order chi connectivity index (χ1) is 18.4. The summed E-state index contributed by atoms with van der Waals surface area (Å²) in [6, 6.07) is 9.16. The highest BCUT2D eigenvalue weighted by atomic mass is 35.5.